The molecule has 1 aliphatic heterocycles. The van der Waals surface area contributed by atoms with Crippen molar-refractivity contribution in [1.82, 2.24) is 34.9 Å². The molecule has 0 aliphatic carbocycles. The zero-order chi connectivity index (χ0) is 21.4. The van der Waals surface area contributed by atoms with Crippen LogP contribution in [0.3, 0.4) is 0 Å². The molecule has 1 fully saturated rings. The van der Waals surface area contributed by atoms with Crippen molar-refractivity contribution in [3.63, 3.8) is 0 Å². The van der Waals surface area contributed by atoms with Crippen LogP contribution in [0.15, 0.2) is 40.9 Å². The number of nitrogens with zero attached hydrogens (tertiary/aromatic N) is 8. The second kappa shape index (κ2) is 8.03. The van der Waals surface area contributed by atoms with Gasteiger partial charge in [-0.3, -0.25) is 4.90 Å². The lowest BCUT2D eigenvalue weighted by molar-refractivity contribution is 0.164. The lowest BCUT2D eigenvalue weighted by Gasteiger charge is -2.37. The van der Waals surface area contributed by atoms with E-state index in [0.717, 1.165) is 44.2 Å². The molecule has 1 unspecified atom stereocenters. The van der Waals surface area contributed by atoms with Gasteiger partial charge in [0.25, 0.3) is 0 Å². The Hall–Kier alpha value is -3.40. The SMILES string of the molecule is CCc1noc(C(C)N2CCN(c3ccc4nnc(-c5ccccc5F)n4n3)CC2)n1. The first-order valence-electron chi connectivity index (χ1n) is 10.4. The van der Waals surface area contributed by atoms with Crippen LogP contribution in [-0.4, -0.2) is 61.0 Å². The second-order valence-corrected chi connectivity index (χ2v) is 7.57. The summed E-state index contributed by atoms with van der Waals surface area (Å²) in [7, 11) is 0. The Bertz CT molecular complexity index is 1200. The van der Waals surface area contributed by atoms with Crippen LogP contribution < -0.4 is 4.90 Å². The van der Waals surface area contributed by atoms with Crippen LogP contribution >= 0.6 is 0 Å². The van der Waals surface area contributed by atoms with Gasteiger partial charge in [-0.05, 0) is 31.2 Å². The van der Waals surface area contributed by atoms with E-state index in [4.69, 9.17) is 9.62 Å². The minimum Gasteiger partial charge on any atom is -0.353 e. The zero-order valence-electron chi connectivity index (χ0n) is 17.4. The van der Waals surface area contributed by atoms with Crippen molar-refractivity contribution in [3.05, 3.63) is 53.9 Å². The van der Waals surface area contributed by atoms with E-state index in [9.17, 15) is 4.39 Å². The maximum atomic E-state index is 14.3. The van der Waals surface area contributed by atoms with Crippen molar-refractivity contribution in [2.45, 2.75) is 26.3 Å². The highest BCUT2D eigenvalue weighted by Gasteiger charge is 2.26. The molecule has 31 heavy (non-hydrogen) atoms. The van der Waals surface area contributed by atoms with Crippen LogP contribution in [-0.2, 0) is 6.42 Å². The third kappa shape index (κ3) is 3.63. The average molecular weight is 422 g/mol. The van der Waals surface area contributed by atoms with Crippen molar-refractivity contribution >= 4 is 11.5 Å². The highest BCUT2D eigenvalue weighted by molar-refractivity contribution is 5.60. The Labute approximate surface area is 178 Å². The van der Waals surface area contributed by atoms with Gasteiger partial charge < -0.3 is 9.42 Å². The fourth-order valence-electron chi connectivity index (χ4n) is 3.83. The van der Waals surface area contributed by atoms with Crippen LogP contribution in [0.1, 0.15) is 31.6 Å². The number of halogens is 1. The summed E-state index contributed by atoms with van der Waals surface area (Å²) >= 11 is 0. The first kappa shape index (κ1) is 19.6. The van der Waals surface area contributed by atoms with Crippen LogP contribution in [0.5, 0.6) is 0 Å². The Morgan fingerprint density at radius 3 is 2.61 bits per heavy atom. The maximum Gasteiger partial charge on any atom is 0.243 e. The van der Waals surface area contributed by atoms with E-state index in [1.54, 1.807) is 22.7 Å². The number of aromatic nitrogens is 6. The quantitative estimate of drug-likeness (QED) is 0.485. The highest BCUT2D eigenvalue weighted by Crippen LogP contribution is 2.24. The van der Waals surface area contributed by atoms with Crippen LogP contribution in [0.4, 0.5) is 10.2 Å². The van der Waals surface area contributed by atoms with Gasteiger partial charge in [0.2, 0.25) is 5.89 Å². The normalized spacial score (nSPS) is 16.2. The van der Waals surface area contributed by atoms with Gasteiger partial charge in [0.1, 0.15) is 11.6 Å². The third-order valence-corrected chi connectivity index (χ3v) is 5.71. The number of anilines is 1. The summed E-state index contributed by atoms with van der Waals surface area (Å²) in [5, 5.41) is 17.0. The van der Waals surface area contributed by atoms with E-state index in [1.165, 1.54) is 6.07 Å². The predicted molar refractivity (Wildman–Crippen MR) is 112 cm³/mol. The molecular formula is C21H23FN8O. The van der Waals surface area contributed by atoms with Crippen molar-refractivity contribution in [2.75, 3.05) is 31.1 Å². The Balaban J connectivity index is 1.34. The van der Waals surface area contributed by atoms with Gasteiger partial charge in [0.15, 0.2) is 17.3 Å². The molecule has 160 valence electrons. The predicted octanol–water partition coefficient (Wildman–Crippen LogP) is 2.76. The number of fused-ring (bicyclic) bond motifs is 1. The molecule has 0 bridgehead atoms. The monoisotopic (exact) mass is 422 g/mol. The molecule has 4 aromatic rings. The van der Waals surface area contributed by atoms with Crippen molar-refractivity contribution in [3.8, 4) is 11.4 Å². The van der Waals surface area contributed by atoms with Crippen molar-refractivity contribution < 1.29 is 8.91 Å². The summed E-state index contributed by atoms with van der Waals surface area (Å²) in [5.41, 5.74) is 0.960. The molecule has 0 amide bonds. The summed E-state index contributed by atoms with van der Waals surface area (Å²) in [6.45, 7) is 7.38. The summed E-state index contributed by atoms with van der Waals surface area (Å²) in [6.07, 6.45) is 0.760. The molecule has 1 saturated heterocycles. The number of rotatable bonds is 5. The fourth-order valence-corrected chi connectivity index (χ4v) is 3.83. The molecule has 4 heterocycles. The van der Waals surface area contributed by atoms with E-state index < -0.39 is 0 Å². The standard InChI is InChI=1S/C21H23FN8O/c1-3-17-23-21(31-27-17)14(2)28-10-12-29(13-11-28)19-9-8-18-24-25-20(30(18)26-19)15-6-4-5-7-16(15)22/h4-9,14H,3,10-13H2,1-2H3. The molecule has 1 atom stereocenters. The Morgan fingerprint density at radius 1 is 1.06 bits per heavy atom. The van der Waals surface area contributed by atoms with Crippen LogP contribution in [0.2, 0.25) is 0 Å². The minimum atomic E-state index is -0.348. The van der Waals surface area contributed by atoms with Gasteiger partial charge in [-0.15, -0.1) is 15.3 Å². The Kier molecular flexibility index (Phi) is 5.06. The summed E-state index contributed by atoms with van der Waals surface area (Å²) in [5.74, 6) is 2.24. The molecule has 1 aliphatic rings. The van der Waals surface area contributed by atoms with Gasteiger partial charge in [0.05, 0.1) is 11.6 Å². The molecule has 10 heteroatoms. The molecule has 1 aromatic carbocycles. The molecule has 0 saturated carbocycles. The van der Waals surface area contributed by atoms with Gasteiger partial charge in [0, 0.05) is 32.6 Å². The lowest BCUT2D eigenvalue weighted by atomic mass is 10.2. The second-order valence-electron chi connectivity index (χ2n) is 7.57. The molecule has 5 rings (SSSR count). The number of aryl methyl sites for hydroxylation is 1. The maximum absolute atomic E-state index is 14.3. The number of piperazine rings is 1. The number of benzene rings is 1. The third-order valence-electron chi connectivity index (χ3n) is 5.71. The van der Waals surface area contributed by atoms with Crippen molar-refractivity contribution in [2.24, 2.45) is 0 Å². The summed E-state index contributed by atoms with van der Waals surface area (Å²) in [6, 6.07) is 10.4. The summed E-state index contributed by atoms with van der Waals surface area (Å²) in [4.78, 5) is 8.99. The first-order valence-corrected chi connectivity index (χ1v) is 10.4. The molecule has 0 spiro atoms. The van der Waals surface area contributed by atoms with Crippen LogP contribution in [0, 0.1) is 5.82 Å². The van der Waals surface area contributed by atoms with Gasteiger partial charge in [-0.2, -0.15) is 9.50 Å². The smallest absolute Gasteiger partial charge is 0.243 e. The zero-order valence-corrected chi connectivity index (χ0v) is 17.4. The number of hydrogen-bond acceptors (Lipinski definition) is 8. The molecule has 0 N–H and O–H groups in total. The summed E-state index contributed by atoms with van der Waals surface area (Å²) < 4.78 is 21.3. The molecular weight excluding hydrogens is 399 g/mol. The largest absolute Gasteiger partial charge is 0.353 e. The highest BCUT2D eigenvalue weighted by atomic mass is 19.1. The van der Waals surface area contributed by atoms with E-state index in [2.05, 4.69) is 37.1 Å². The topological polar surface area (TPSA) is 88.5 Å². The van der Waals surface area contributed by atoms with Gasteiger partial charge >= 0.3 is 0 Å². The molecule has 9 nitrogen and oxygen atoms in total. The van der Waals surface area contributed by atoms with E-state index in [0.29, 0.717) is 22.9 Å². The molecule has 0 radical (unpaired) electrons. The van der Waals surface area contributed by atoms with Gasteiger partial charge in [-0.1, -0.05) is 24.2 Å². The van der Waals surface area contributed by atoms with E-state index >= 15 is 0 Å². The van der Waals surface area contributed by atoms with Crippen LogP contribution in [0.25, 0.3) is 17.0 Å². The average Bonchev–Trinajstić information content (AvgIpc) is 3.46. The van der Waals surface area contributed by atoms with E-state index in [1.807, 2.05) is 19.1 Å². The number of hydrogen-bond donors (Lipinski definition) is 0. The first-order chi connectivity index (χ1) is 15.1. The fraction of sp³-hybridized carbons (Fsp3) is 0.381. The molecule has 3 aromatic heterocycles. The van der Waals surface area contributed by atoms with Crippen molar-refractivity contribution in [1.29, 1.82) is 0 Å². The van der Waals surface area contributed by atoms with E-state index in [-0.39, 0.29) is 11.9 Å². The minimum absolute atomic E-state index is 0.0656. The van der Waals surface area contributed by atoms with Gasteiger partial charge in [-0.25, -0.2) is 4.39 Å². The Morgan fingerprint density at radius 2 is 1.87 bits per heavy atom. The lowest BCUT2D eigenvalue weighted by Crippen LogP contribution is -2.47.